The van der Waals surface area contributed by atoms with Gasteiger partial charge in [-0.1, -0.05) is 113 Å². The van der Waals surface area contributed by atoms with E-state index in [2.05, 4.69) is 52.0 Å². The van der Waals surface area contributed by atoms with Crippen molar-refractivity contribution in [1.82, 2.24) is 0 Å². The van der Waals surface area contributed by atoms with Gasteiger partial charge in [-0.3, -0.25) is 0 Å². The van der Waals surface area contributed by atoms with E-state index < -0.39 is 11.9 Å². The molecule has 5 rings (SSSR count). The molecule has 222 valence electrons. The van der Waals surface area contributed by atoms with E-state index in [0.717, 1.165) is 33.4 Å². The Morgan fingerprint density at radius 3 is 1.18 bits per heavy atom. The molecule has 0 atom stereocenters. The van der Waals surface area contributed by atoms with E-state index in [0.29, 0.717) is 22.5 Å². The van der Waals surface area contributed by atoms with E-state index in [9.17, 15) is 19.8 Å². The number of aromatic carboxylic acids is 2. The maximum atomic E-state index is 11.8. The first-order chi connectivity index (χ1) is 20.8. The number of benzene rings is 5. The lowest BCUT2D eigenvalue weighted by Crippen LogP contribution is -2.23. The fourth-order valence-corrected chi connectivity index (χ4v) is 5.88. The molecule has 6 heteroatoms. The molecule has 0 saturated carbocycles. The number of hydrogen-bond donors (Lipinski definition) is 4. The maximum absolute atomic E-state index is 11.8. The molecule has 0 unspecified atom stereocenters. The average Bonchev–Trinajstić information content (AvgIpc) is 3.01. The molecule has 5 aromatic rings. The topological polar surface area (TPSA) is 127 Å². The van der Waals surface area contributed by atoms with Crippen LogP contribution in [0.1, 0.15) is 70.7 Å². The first-order valence-electron chi connectivity index (χ1n) is 14.4. The van der Waals surface area contributed by atoms with Crippen LogP contribution in [-0.4, -0.2) is 22.2 Å². The Labute approximate surface area is 257 Å². The summed E-state index contributed by atoms with van der Waals surface area (Å²) in [6.07, 6.45) is 0. The van der Waals surface area contributed by atoms with Gasteiger partial charge in [0.05, 0.1) is 11.1 Å². The molecule has 0 aliphatic heterocycles. The molecule has 6 N–H and O–H groups in total. The van der Waals surface area contributed by atoms with Gasteiger partial charge in [-0.05, 0) is 57.6 Å². The summed E-state index contributed by atoms with van der Waals surface area (Å²) in [5, 5.41) is 19.4. The van der Waals surface area contributed by atoms with Crippen molar-refractivity contribution < 1.29 is 19.8 Å². The summed E-state index contributed by atoms with van der Waals surface area (Å²) in [5.41, 5.74) is 19.9. The summed E-state index contributed by atoms with van der Waals surface area (Å²) in [4.78, 5) is 23.6. The van der Waals surface area contributed by atoms with Crippen molar-refractivity contribution in [3.8, 4) is 22.3 Å². The van der Waals surface area contributed by atoms with Crippen molar-refractivity contribution >= 4 is 23.3 Å². The van der Waals surface area contributed by atoms with Gasteiger partial charge >= 0.3 is 11.9 Å². The molecule has 5 aromatic carbocycles. The van der Waals surface area contributed by atoms with E-state index in [4.69, 9.17) is 11.5 Å². The first-order valence-corrected chi connectivity index (χ1v) is 14.4. The number of nitrogen functional groups attached to an aromatic ring is 2. The van der Waals surface area contributed by atoms with Crippen molar-refractivity contribution in [3.63, 3.8) is 0 Å². The number of carboxylic acids is 2. The molecule has 0 fully saturated rings. The monoisotopic (exact) mass is 584 g/mol. The third kappa shape index (κ3) is 5.42. The second-order valence-corrected chi connectivity index (χ2v) is 12.1. The highest BCUT2D eigenvalue weighted by molar-refractivity contribution is 6.00. The quantitative estimate of drug-likeness (QED) is 0.136. The van der Waals surface area contributed by atoms with E-state index in [1.807, 2.05) is 48.5 Å². The van der Waals surface area contributed by atoms with Crippen LogP contribution in [0.2, 0.25) is 0 Å². The second kappa shape index (κ2) is 11.4. The minimum absolute atomic E-state index is 0.175. The van der Waals surface area contributed by atoms with Gasteiger partial charge in [0.2, 0.25) is 0 Å². The normalized spacial score (nSPS) is 11.7. The third-order valence-electron chi connectivity index (χ3n) is 8.75. The Bertz CT molecular complexity index is 1740. The Morgan fingerprint density at radius 2 is 0.841 bits per heavy atom. The zero-order valence-corrected chi connectivity index (χ0v) is 25.3. The van der Waals surface area contributed by atoms with Crippen LogP contribution in [-0.2, 0) is 10.8 Å². The summed E-state index contributed by atoms with van der Waals surface area (Å²) in [6, 6.07) is 34.3. The van der Waals surface area contributed by atoms with Crippen LogP contribution in [0.4, 0.5) is 11.4 Å². The highest BCUT2D eigenvalue weighted by atomic mass is 16.4. The molecule has 0 spiro atoms. The highest BCUT2D eigenvalue weighted by Gasteiger charge is 2.28. The SMILES string of the molecule is CC(C)(c1ccc(-c2c(N)cccc2C(=O)O)cc1)c1cccc(C(C)(C)c2ccc(-c3c(N)cccc3C(=O)O)cc2)c1. The standard InChI is InChI=1S/C38H36N2O4/c1-37(2,25-18-14-23(15-19-25)33-29(35(41)42)10-6-12-31(33)39)27-8-5-9-28(22-27)38(3,4)26-20-16-24(17-21-26)34-30(36(43)44)11-7-13-32(34)40/h5-22H,39-40H2,1-4H3,(H,41,42)(H,43,44). The first kappa shape index (κ1) is 30.1. The van der Waals surface area contributed by atoms with Gasteiger partial charge in [0.25, 0.3) is 0 Å². The van der Waals surface area contributed by atoms with Gasteiger partial charge in [-0.15, -0.1) is 0 Å². The number of rotatable bonds is 8. The van der Waals surface area contributed by atoms with E-state index in [1.54, 1.807) is 36.4 Å². The smallest absolute Gasteiger partial charge is 0.336 e. The molecule has 0 aliphatic rings. The van der Waals surface area contributed by atoms with Gasteiger partial charge in [0, 0.05) is 33.3 Å². The molecule has 0 aliphatic carbocycles. The molecular formula is C38H36N2O4. The van der Waals surface area contributed by atoms with Crippen molar-refractivity contribution in [2.45, 2.75) is 38.5 Å². The van der Waals surface area contributed by atoms with Gasteiger partial charge < -0.3 is 21.7 Å². The average molecular weight is 585 g/mol. The van der Waals surface area contributed by atoms with E-state index in [-0.39, 0.29) is 22.0 Å². The fourth-order valence-electron chi connectivity index (χ4n) is 5.88. The Balaban J connectivity index is 1.46. The molecule has 0 radical (unpaired) electrons. The Hall–Kier alpha value is -5.36. The molecular weight excluding hydrogens is 548 g/mol. The molecule has 6 nitrogen and oxygen atoms in total. The number of hydrogen-bond acceptors (Lipinski definition) is 4. The van der Waals surface area contributed by atoms with Crippen LogP contribution in [0, 0.1) is 0 Å². The number of carboxylic acid groups (broad SMARTS) is 2. The molecule has 0 saturated heterocycles. The minimum atomic E-state index is -1.01. The zero-order valence-electron chi connectivity index (χ0n) is 25.3. The zero-order chi connectivity index (χ0) is 31.8. The van der Waals surface area contributed by atoms with Crippen LogP contribution in [0.15, 0.2) is 109 Å². The number of nitrogens with two attached hydrogens (primary N) is 2. The number of carbonyl (C=O) groups is 2. The lowest BCUT2D eigenvalue weighted by molar-refractivity contribution is 0.0687. The molecule has 0 heterocycles. The highest BCUT2D eigenvalue weighted by Crippen LogP contribution is 2.39. The predicted octanol–water partition coefficient (Wildman–Crippen LogP) is 8.23. The van der Waals surface area contributed by atoms with Gasteiger partial charge in [0.1, 0.15) is 0 Å². The maximum Gasteiger partial charge on any atom is 0.336 e. The Kier molecular flexibility index (Phi) is 7.79. The summed E-state index contributed by atoms with van der Waals surface area (Å²) in [6.45, 7) is 8.69. The molecule has 0 aromatic heterocycles. The fraction of sp³-hybridized carbons (Fsp3) is 0.158. The summed E-state index contributed by atoms with van der Waals surface area (Å²) >= 11 is 0. The molecule has 0 amide bonds. The van der Waals surface area contributed by atoms with Crippen LogP contribution in [0.25, 0.3) is 22.3 Å². The van der Waals surface area contributed by atoms with Crippen LogP contribution < -0.4 is 11.5 Å². The second-order valence-electron chi connectivity index (χ2n) is 12.1. The lowest BCUT2D eigenvalue weighted by Gasteiger charge is -2.31. The van der Waals surface area contributed by atoms with Gasteiger partial charge in [-0.2, -0.15) is 0 Å². The summed E-state index contributed by atoms with van der Waals surface area (Å²) < 4.78 is 0. The van der Waals surface area contributed by atoms with Crippen molar-refractivity contribution in [2.24, 2.45) is 0 Å². The molecule has 44 heavy (non-hydrogen) atoms. The molecule has 0 bridgehead atoms. The van der Waals surface area contributed by atoms with Gasteiger partial charge in [-0.25, -0.2) is 9.59 Å². The predicted molar refractivity (Wildman–Crippen MR) is 177 cm³/mol. The largest absolute Gasteiger partial charge is 0.478 e. The van der Waals surface area contributed by atoms with Crippen LogP contribution in [0.3, 0.4) is 0 Å². The van der Waals surface area contributed by atoms with E-state index in [1.165, 1.54) is 0 Å². The Morgan fingerprint density at radius 1 is 0.500 bits per heavy atom. The summed E-state index contributed by atoms with van der Waals surface area (Å²) in [7, 11) is 0. The van der Waals surface area contributed by atoms with Crippen molar-refractivity contribution in [2.75, 3.05) is 11.5 Å². The van der Waals surface area contributed by atoms with Crippen molar-refractivity contribution in [3.05, 3.63) is 143 Å². The minimum Gasteiger partial charge on any atom is -0.478 e. The van der Waals surface area contributed by atoms with Crippen LogP contribution in [0.5, 0.6) is 0 Å². The van der Waals surface area contributed by atoms with Crippen LogP contribution >= 0.6 is 0 Å². The third-order valence-corrected chi connectivity index (χ3v) is 8.75. The lowest BCUT2D eigenvalue weighted by atomic mass is 9.73. The van der Waals surface area contributed by atoms with E-state index >= 15 is 0 Å². The van der Waals surface area contributed by atoms with Gasteiger partial charge in [0.15, 0.2) is 0 Å². The number of anilines is 2. The summed E-state index contributed by atoms with van der Waals surface area (Å²) in [5.74, 6) is -2.03. The van der Waals surface area contributed by atoms with Crippen molar-refractivity contribution in [1.29, 1.82) is 0 Å².